The number of nitrogens with two attached hydrogens (primary N) is 1. The summed E-state index contributed by atoms with van der Waals surface area (Å²) in [5, 5.41) is 11.4. The first-order valence-corrected chi connectivity index (χ1v) is 11.2. The van der Waals surface area contributed by atoms with E-state index in [-0.39, 0.29) is 16.8 Å². The monoisotopic (exact) mass is 441 g/mol. The Morgan fingerprint density at radius 2 is 1.97 bits per heavy atom. The maximum Gasteiger partial charge on any atom is 0.241 e. The van der Waals surface area contributed by atoms with Crippen molar-refractivity contribution in [3.8, 4) is 0 Å². The predicted octanol–water partition coefficient (Wildman–Crippen LogP) is 3.02. The minimum Gasteiger partial charge on any atom is -0.459 e. The molecular formula is C21H23N5O4S. The van der Waals surface area contributed by atoms with E-state index in [1.54, 1.807) is 13.1 Å². The van der Waals surface area contributed by atoms with Crippen LogP contribution in [0.25, 0.3) is 21.9 Å². The zero-order chi connectivity index (χ0) is 22.2. The largest absolute Gasteiger partial charge is 0.459 e. The minimum atomic E-state index is -3.87. The molecular weight excluding hydrogens is 418 g/mol. The van der Waals surface area contributed by atoms with Crippen LogP contribution in [0.15, 0.2) is 58.0 Å². The van der Waals surface area contributed by atoms with Gasteiger partial charge >= 0.3 is 0 Å². The first-order valence-electron chi connectivity index (χ1n) is 9.74. The van der Waals surface area contributed by atoms with Gasteiger partial charge in [0.15, 0.2) is 0 Å². The van der Waals surface area contributed by atoms with Crippen molar-refractivity contribution in [1.82, 2.24) is 14.9 Å². The number of nitrogens with zero attached hydrogens (tertiary/aromatic N) is 1. The van der Waals surface area contributed by atoms with Gasteiger partial charge in [0.25, 0.3) is 0 Å². The first-order chi connectivity index (χ1) is 14.7. The van der Waals surface area contributed by atoms with Crippen LogP contribution in [0, 0.1) is 0 Å². The summed E-state index contributed by atoms with van der Waals surface area (Å²) in [6.45, 7) is 3.19. The van der Waals surface area contributed by atoms with Gasteiger partial charge in [-0.2, -0.15) is 5.10 Å². The molecule has 2 aromatic carbocycles. The van der Waals surface area contributed by atoms with E-state index >= 15 is 0 Å². The van der Waals surface area contributed by atoms with Crippen LogP contribution in [0.4, 0.5) is 5.69 Å². The lowest BCUT2D eigenvalue weighted by Gasteiger charge is -2.19. The maximum atomic E-state index is 13.0. The highest BCUT2D eigenvalue weighted by Gasteiger charge is 2.26. The molecule has 0 aliphatic heterocycles. The van der Waals surface area contributed by atoms with Gasteiger partial charge in [-0.3, -0.25) is 9.89 Å². The van der Waals surface area contributed by atoms with Gasteiger partial charge in [-0.05, 0) is 55.8 Å². The summed E-state index contributed by atoms with van der Waals surface area (Å²) in [5.74, 6) is 0.231. The summed E-state index contributed by atoms with van der Waals surface area (Å²) in [6.07, 6.45) is 2.06. The highest BCUT2D eigenvalue weighted by Crippen LogP contribution is 2.31. The second-order valence-electron chi connectivity index (χ2n) is 7.55. The number of furan rings is 1. The summed E-state index contributed by atoms with van der Waals surface area (Å²) in [6, 6.07) is 10.5. The third-order valence-corrected chi connectivity index (χ3v) is 6.35. The number of carbonyl (C=O) groups excluding carboxylic acids is 1. The van der Waals surface area contributed by atoms with Gasteiger partial charge in [0, 0.05) is 29.4 Å². The van der Waals surface area contributed by atoms with Crippen molar-refractivity contribution in [2.24, 2.45) is 5.73 Å². The van der Waals surface area contributed by atoms with Crippen molar-refractivity contribution in [3.63, 3.8) is 0 Å². The Labute approximate surface area is 179 Å². The van der Waals surface area contributed by atoms with Crippen molar-refractivity contribution in [2.75, 3.05) is 5.32 Å². The summed E-state index contributed by atoms with van der Waals surface area (Å²) in [4.78, 5) is 11.2. The summed E-state index contributed by atoms with van der Waals surface area (Å²) in [7, 11) is -3.87. The van der Waals surface area contributed by atoms with Crippen LogP contribution in [0.5, 0.6) is 0 Å². The van der Waals surface area contributed by atoms with Crippen molar-refractivity contribution in [3.05, 3.63) is 54.4 Å². The fraction of sp³-hybridized carbons (Fsp3) is 0.238. The van der Waals surface area contributed by atoms with E-state index in [4.69, 9.17) is 10.2 Å². The highest BCUT2D eigenvalue weighted by molar-refractivity contribution is 7.89. The maximum absolute atomic E-state index is 13.0. The number of amides is 1. The first kappa shape index (κ1) is 21.0. The van der Waals surface area contributed by atoms with Crippen LogP contribution in [0.3, 0.4) is 0 Å². The number of nitrogens with one attached hydrogen (secondary N) is 3. The lowest BCUT2D eigenvalue weighted by Crippen LogP contribution is -2.32. The molecule has 2 aromatic heterocycles. The molecule has 0 spiro atoms. The van der Waals surface area contributed by atoms with E-state index in [1.807, 2.05) is 18.2 Å². The molecule has 0 aliphatic rings. The summed E-state index contributed by atoms with van der Waals surface area (Å²) < 4.78 is 34.7. The number of aromatic nitrogens is 2. The van der Waals surface area contributed by atoms with E-state index in [1.165, 1.54) is 31.2 Å². The number of anilines is 1. The van der Waals surface area contributed by atoms with Crippen LogP contribution in [-0.4, -0.2) is 30.6 Å². The molecule has 9 nitrogen and oxygen atoms in total. The van der Waals surface area contributed by atoms with Gasteiger partial charge < -0.3 is 15.5 Å². The molecule has 2 atom stereocenters. The van der Waals surface area contributed by atoms with Gasteiger partial charge in [-0.1, -0.05) is 0 Å². The topological polar surface area (TPSA) is 143 Å². The molecule has 4 rings (SSSR count). The molecule has 10 heteroatoms. The molecule has 0 saturated carbocycles. The predicted molar refractivity (Wildman–Crippen MR) is 118 cm³/mol. The molecule has 0 radical (unpaired) electrons. The SMILES string of the molecule is CC(=O)Nc1ccc(S(=O)(=O)NC(C[C@H](C)N)c2cc3c(ccc4cn[nH]c43)o2)cc1. The fourth-order valence-electron chi connectivity index (χ4n) is 3.49. The number of carbonyl (C=O) groups is 1. The zero-order valence-electron chi connectivity index (χ0n) is 17.0. The Morgan fingerprint density at radius 1 is 1.23 bits per heavy atom. The van der Waals surface area contributed by atoms with Gasteiger partial charge in [0.05, 0.1) is 22.7 Å². The van der Waals surface area contributed by atoms with Crippen molar-refractivity contribution in [1.29, 1.82) is 0 Å². The minimum absolute atomic E-state index is 0.0725. The number of sulfonamides is 1. The Balaban J connectivity index is 1.66. The van der Waals surface area contributed by atoms with E-state index in [0.29, 0.717) is 23.5 Å². The van der Waals surface area contributed by atoms with Crippen LogP contribution in [0.2, 0.25) is 0 Å². The molecule has 1 amide bonds. The number of aromatic amines is 1. The highest BCUT2D eigenvalue weighted by atomic mass is 32.2. The van der Waals surface area contributed by atoms with Crippen LogP contribution in [-0.2, 0) is 14.8 Å². The van der Waals surface area contributed by atoms with E-state index in [0.717, 1.165) is 16.3 Å². The Bertz CT molecular complexity index is 1340. The number of hydrogen-bond acceptors (Lipinski definition) is 6. The zero-order valence-corrected chi connectivity index (χ0v) is 17.9. The van der Waals surface area contributed by atoms with Gasteiger partial charge in [-0.15, -0.1) is 0 Å². The molecule has 31 heavy (non-hydrogen) atoms. The third-order valence-electron chi connectivity index (χ3n) is 4.87. The molecule has 0 bridgehead atoms. The molecule has 0 aliphatic carbocycles. The fourth-order valence-corrected chi connectivity index (χ4v) is 4.71. The van der Waals surface area contributed by atoms with Crippen LogP contribution >= 0.6 is 0 Å². The normalized spacial score (nSPS) is 14.0. The number of fused-ring (bicyclic) bond motifs is 3. The molecule has 0 saturated heterocycles. The number of benzene rings is 2. The molecule has 2 heterocycles. The second kappa shape index (κ2) is 8.14. The Hall–Kier alpha value is -3.21. The Morgan fingerprint density at radius 3 is 2.65 bits per heavy atom. The van der Waals surface area contributed by atoms with Crippen molar-refractivity contribution in [2.45, 2.75) is 37.2 Å². The van der Waals surface area contributed by atoms with Crippen molar-refractivity contribution < 1.29 is 17.6 Å². The number of H-pyrrole nitrogens is 1. The van der Waals surface area contributed by atoms with Crippen LogP contribution < -0.4 is 15.8 Å². The van der Waals surface area contributed by atoms with E-state index < -0.39 is 16.1 Å². The average molecular weight is 442 g/mol. The number of rotatable bonds is 7. The van der Waals surface area contributed by atoms with Crippen molar-refractivity contribution >= 4 is 43.5 Å². The standard InChI is InChI=1S/C21H23N5O4S/c1-12(22)9-18(20-10-17-19(30-20)8-3-14-11-23-25-21(14)17)26-31(28,29)16-6-4-15(5-7-16)24-13(2)27/h3-8,10-12,18,26H,9,22H2,1-2H3,(H,23,25)(H,24,27)/t12-,18?/m0/s1. The quantitative estimate of drug-likeness (QED) is 0.347. The molecule has 1 unspecified atom stereocenters. The Kier molecular flexibility index (Phi) is 5.52. The number of hydrogen-bond donors (Lipinski definition) is 4. The van der Waals surface area contributed by atoms with Gasteiger partial charge in [-0.25, -0.2) is 13.1 Å². The smallest absolute Gasteiger partial charge is 0.241 e. The summed E-state index contributed by atoms with van der Waals surface area (Å²) in [5.41, 5.74) is 7.95. The molecule has 0 fully saturated rings. The molecule has 5 N–H and O–H groups in total. The lowest BCUT2D eigenvalue weighted by atomic mass is 10.1. The lowest BCUT2D eigenvalue weighted by molar-refractivity contribution is -0.114. The molecule has 162 valence electrons. The van der Waals surface area contributed by atoms with Gasteiger partial charge in [0.2, 0.25) is 15.9 Å². The third kappa shape index (κ3) is 4.46. The summed E-state index contributed by atoms with van der Waals surface area (Å²) >= 11 is 0. The van der Waals surface area contributed by atoms with Gasteiger partial charge in [0.1, 0.15) is 11.3 Å². The van der Waals surface area contributed by atoms with Crippen LogP contribution in [0.1, 0.15) is 32.1 Å². The average Bonchev–Trinajstić information content (AvgIpc) is 3.33. The van der Waals surface area contributed by atoms with E-state index in [2.05, 4.69) is 20.2 Å². The molecule has 4 aromatic rings. The van der Waals surface area contributed by atoms with E-state index in [9.17, 15) is 13.2 Å². The second-order valence-corrected chi connectivity index (χ2v) is 9.27.